The Balaban J connectivity index is 1.25. The number of benzene rings is 3. The van der Waals surface area contributed by atoms with Crippen LogP contribution >= 0.6 is 0 Å². The maximum Gasteiger partial charge on any atom is 0.238 e. The summed E-state index contributed by atoms with van der Waals surface area (Å²) in [6.45, 7) is 3.43. The Morgan fingerprint density at radius 1 is 0.833 bits per heavy atom. The molecule has 0 aromatic heterocycles. The molecule has 3 aromatic rings. The lowest BCUT2D eigenvalue weighted by molar-refractivity contribution is -0.117. The van der Waals surface area contributed by atoms with E-state index in [1.165, 1.54) is 0 Å². The molecule has 30 heavy (non-hydrogen) atoms. The number of para-hydroxylation sites is 3. The Labute approximate surface area is 176 Å². The summed E-state index contributed by atoms with van der Waals surface area (Å²) in [4.78, 5) is 16.7. The lowest BCUT2D eigenvalue weighted by Crippen LogP contribution is -2.48. The summed E-state index contributed by atoms with van der Waals surface area (Å²) in [7, 11) is 0. The van der Waals surface area contributed by atoms with Crippen molar-refractivity contribution in [3.63, 3.8) is 0 Å². The van der Waals surface area contributed by atoms with E-state index in [0.29, 0.717) is 12.3 Å². The third kappa shape index (κ3) is 5.10. The van der Waals surface area contributed by atoms with Crippen molar-refractivity contribution in [3.05, 3.63) is 78.9 Å². The molecule has 3 aromatic carbocycles. The molecule has 0 bridgehead atoms. The van der Waals surface area contributed by atoms with Crippen molar-refractivity contribution in [2.45, 2.75) is 0 Å². The molecule has 1 fully saturated rings. The van der Waals surface area contributed by atoms with E-state index in [9.17, 15) is 9.90 Å². The van der Waals surface area contributed by atoms with Crippen LogP contribution in [0.4, 0.5) is 11.4 Å². The van der Waals surface area contributed by atoms with E-state index in [1.807, 2.05) is 72.8 Å². The molecule has 1 amide bonds. The molecule has 0 unspecified atom stereocenters. The predicted molar refractivity (Wildman–Crippen MR) is 118 cm³/mol. The quantitative estimate of drug-likeness (QED) is 0.653. The van der Waals surface area contributed by atoms with Gasteiger partial charge in [0.25, 0.3) is 0 Å². The van der Waals surface area contributed by atoms with Gasteiger partial charge in [0, 0.05) is 31.9 Å². The molecule has 4 rings (SSSR count). The number of amides is 1. The summed E-state index contributed by atoms with van der Waals surface area (Å²) in [5.41, 5.74) is 1.59. The minimum atomic E-state index is -0.0391. The van der Waals surface area contributed by atoms with Gasteiger partial charge in [-0.3, -0.25) is 9.69 Å². The first kappa shape index (κ1) is 19.8. The van der Waals surface area contributed by atoms with Gasteiger partial charge in [0.2, 0.25) is 5.91 Å². The van der Waals surface area contributed by atoms with E-state index in [1.54, 1.807) is 6.07 Å². The van der Waals surface area contributed by atoms with Crippen molar-refractivity contribution in [1.82, 2.24) is 4.90 Å². The molecule has 0 radical (unpaired) electrons. The third-order valence-corrected chi connectivity index (χ3v) is 5.08. The fourth-order valence-corrected chi connectivity index (χ4v) is 3.51. The molecule has 154 valence electrons. The second-order valence-corrected chi connectivity index (χ2v) is 7.24. The van der Waals surface area contributed by atoms with Crippen molar-refractivity contribution >= 4 is 17.3 Å². The van der Waals surface area contributed by atoms with Gasteiger partial charge in [0.15, 0.2) is 0 Å². The second-order valence-electron chi connectivity index (χ2n) is 7.24. The molecular weight excluding hydrogens is 378 g/mol. The minimum Gasteiger partial charge on any atom is -0.506 e. The van der Waals surface area contributed by atoms with E-state index in [4.69, 9.17) is 4.74 Å². The van der Waals surface area contributed by atoms with Crippen LogP contribution in [0.1, 0.15) is 0 Å². The van der Waals surface area contributed by atoms with Crippen molar-refractivity contribution in [1.29, 1.82) is 0 Å². The van der Waals surface area contributed by atoms with Crippen LogP contribution in [0.25, 0.3) is 0 Å². The molecule has 1 aliphatic rings. The number of nitrogens with zero attached hydrogens (tertiary/aromatic N) is 2. The molecule has 6 heteroatoms. The molecule has 1 heterocycles. The van der Waals surface area contributed by atoms with E-state index in [2.05, 4.69) is 15.1 Å². The summed E-state index contributed by atoms with van der Waals surface area (Å²) in [6, 6.07) is 24.3. The molecule has 1 aliphatic heterocycles. The number of piperazine rings is 1. The monoisotopic (exact) mass is 403 g/mol. The van der Waals surface area contributed by atoms with Gasteiger partial charge < -0.3 is 20.1 Å². The molecule has 6 nitrogen and oxygen atoms in total. The van der Waals surface area contributed by atoms with E-state index in [-0.39, 0.29) is 5.91 Å². The maximum absolute atomic E-state index is 12.4. The topological polar surface area (TPSA) is 65.0 Å². The van der Waals surface area contributed by atoms with Crippen molar-refractivity contribution in [2.24, 2.45) is 0 Å². The molecule has 0 saturated carbocycles. The Kier molecular flexibility index (Phi) is 6.15. The van der Waals surface area contributed by atoms with Gasteiger partial charge in [-0.25, -0.2) is 0 Å². The normalized spacial score (nSPS) is 14.3. The van der Waals surface area contributed by atoms with E-state index in [0.717, 1.165) is 49.1 Å². The smallest absolute Gasteiger partial charge is 0.238 e. The molecule has 0 atom stereocenters. The number of phenols is 1. The fourth-order valence-electron chi connectivity index (χ4n) is 3.51. The highest BCUT2D eigenvalue weighted by Gasteiger charge is 2.20. The van der Waals surface area contributed by atoms with Crippen molar-refractivity contribution in [3.8, 4) is 17.2 Å². The van der Waals surface area contributed by atoms with Gasteiger partial charge in [0.05, 0.1) is 12.2 Å². The number of phenolic OH excluding ortho intramolecular Hbond substituents is 1. The summed E-state index contributed by atoms with van der Waals surface area (Å²) in [6.07, 6.45) is 0. The van der Waals surface area contributed by atoms with Gasteiger partial charge in [0.1, 0.15) is 17.2 Å². The molecule has 0 aliphatic carbocycles. The molecule has 2 N–H and O–H groups in total. The van der Waals surface area contributed by atoms with Crippen LogP contribution in [0, 0.1) is 0 Å². The van der Waals surface area contributed by atoms with Crippen LogP contribution in [0.5, 0.6) is 17.2 Å². The summed E-state index contributed by atoms with van der Waals surface area (Å²) < 4.78 is 5.77. The zero-order valence-electron chi connectivity index (χ0n) is 16.7. The van der Waals surface area contributed by atoms with Gasteiger partial charge in [-0.15, -0.1) is 0 Å². The van der Waals surface area contributed by atoms with Gasteiger partial charge in [-0.1, -0.05) is 30.3 Å². The number of carbonyl (C=O) groups is 1. The first-order chi connectivity index (χ1) is 14.7. The SMILES string of the molecule is O=C(CN1CCN(c2ccccc2O)CC1)Nc1ccc(Oc2ccccc2)cc1. The van der Waals surface area contributed by atoms with Crippen LogP contribution < -0.4 is 15.0 Å². The Bertz CT molecular complexity index is 969. The number of rotatable bonds is 6. The Hall–Kier alpha value is -3.51. The zero-order chi connectivity index (χ0) is 20.8. The van der Waals surface area contributed by atoms with Crippen LogP contribution in [0.3, 0.4) is 0 Å². The van der Waals surface area contributed by atoms with Crippen LogP contribution in [0.15, 0.2) is 78.9 Å². The first-order valence-electron chi connectivity index (χ1n) is 10.1. The number of hydrogen-bond donors (Lipinski definition) is 2. The van der Waals surface area contributed by atoms with E-state index < -0.39 is 0 Å². The van der Waals surface area contributed by atoms with Gasteiger partial charge in [-0.05, 0) is 48.5 Å². The average Bonchev–Trinajstić information content (AvgIpc) is 2.77. The van der Waals surface area contributed by atoms with Gasteiger partial charge >= 0.3 is 0 Å². The number of anilines is 2. The number of hydrogen-bond acceptors (Lipinski definition) is 5. The number of carbonyl (C=O) groups excluding carboxylic acids is 1. The molecular formula is C24H25N3O3. The maximum atomic E-state index is 12.4. The molecule has 0 spiro atoms. The predicted octanol–water partition coefficient (Wildman–Crippen LogP) is 3.95. The summed E-state index contributed by atoms with van der Waals surface area (Å²) in [5.74, 6) is 1.75. The van der Waals surface area contributed by atoms with Gasteiger partial charge in [-0.2, -0.15) is 0 Å². The lowest BCUT2D eigenvalue weighted by Gasteiger charge is -2.35. The number of aromatic hydroxyl groups is 1. The molecule has 1 saturated heterocycles. The van der Waals surface area contributed by atoms with Crippen LogP contribution in [-0.2, 0) is 4.79 Å². The Morgan fingerprint density at radius 2 is 1.47 bits per heavy atom. The highest BCUT2D eigenvalue weighted by molar-refractivity contribution is 5.92. The minimum absolute atomic E-state index is 0.0391. The third-order valence-electron chi connectivity index (χ3n) is 5.08. The summed E-state index contributed by atoms with van der Waals surface area (Å²) in [5, 5.41) is 13.0. The highest BCUT2D eigenvalue weighted by atomic mass is 16.5. The largest absolute Gasteiger partial charge is 0.506 e. The van der Waals surface area contributed by atoms with Crippen molar-refractivity contribution in [2.75, 3.05) is 42.9 Å². The van der Waals surface area contributed by atoms with Crippen LogP contribution in [0.2, 0.25) is 0 Å². The fraction of sp³-hybridized carbons (Fsp3) is 0.208. The average molecular weight is 403 g/mol. The highest BCUT2D eigenvalue weighted by Crippen LogP contribution is 2.27. The standard InChI is InChI=1S/C24H25N3O3/c28-23-9-5-4-8-22(23)27-16-14-26(15-17-27)18-24(29)25-19-10-12-21(13-11-19)30-20-6-2-1-3-7-20/h1-13,28H,14-18H2,(H,25,29). The number of ether oxygens (including phenoxy) is 1. The zero-order valence-corrected chi connectivity index (χ0v) is 16.7. The number of nitrogens with one attached hydrogen (secondary N) is 1. The summed E-state index contributed by atoms with van der Waals surface area (Å²) >= 11 is 0. The second kappa shape index (κ2) is 9.33. The van der Waals surface area contributed by atoms with E-state index >= 15 is 0 Å². The lowest BCUT2D eigenvalue weighted by atomic mass is 10.2. The van der Waals surface area contributed by atoms with Crippen LogP contribution in [-0.4, -0.2) is 48.6 Å². The Morgan fingerprint density at radius 3 is 2.17 bits per heavy atom. The van der Waals surface area contributed by atoms with Crippen molar-refractivity contribution < 1.29 is 14.6 Å². The first-order valence-corrected chi connectivity index (χ1v) is 10.1.